The molecule has 1 aromatic rings. The van der Waals surface area contributed by atoms with Crippen LogP contribution < -0.4 is 0 Å². The summed E-state index contributed by atoms with van der Waals surface area (Å²) in [5.41, 5.74) is 1.26. The van der Waals surface area contributed by atoms with Crippen LogP contribution in [-0.4, -0.2) is 16.3 Å². The van der Waals surface area contributed by atoms with E-state index >= 15 is 0 Å². The molecule has 1 aliphatic heterocycles. The number of aliphatic carboxylic acids is 1. The van der Waals surface area contributed by atoms with Gasteiger partial charge in [0.15, 0.2) is 0 Å². The van der Waals surface area contributed by atoms with Gasteiger partial charge in [0.05, 0.1) is 6.42 Å². The van der Waals surface area contributed by atoms with E-state index in [-0.39, 0.29) is 11.7 Å². The molecule has 1 aliphatic rings. The Balaban J connectivity index is 2.14. The molecule has 4 heteroatoms. The summed E-state index contributed by atoms with van der Waals surface area (Å²) < 4.78 is 1.06. The lowest BCUT2D eigenvalue weighted by Crippen LogP contribution is -2.08. The van der Waals surface area contributed by atoms with Crippen LogP contribution in [0.2, 0.25) is 0 Å². The minimum Gasteiger partial charge on any atom is -0.481 e. The molecule has 2 nitrogen and oxygen atoms in total. The maximum absolute atomic E-state index is 10.6. The summed E-state index contributed by atoms with van der Waals surface area (Å²) in [7, 11) is 0. The molecular formula is C10H9BrO2S. The van der Waals surface area contributed by atoms with Crippen molar-refractivity contribution in [1.29, 1.82) is 0 Å². The molecule has 1 heterocycles. The molecule has 0 bridgehead atoms. The maximum Gasteiger partial charge on any atom is 0.304 e. The lowest BCUT2D eigenvalue weighted by Gasteiger charge is -2.02. The molecule has 0 radical (unpaired) electrons. The number of hydrogen-bond donors (Lipinski definition) is 1. The molecule has 0 aromatic heterocycles. The average molecular weight is 273 g/mol. The van der Waals surface area contributed by atoms with Crippen LogP contribution in [0.15, 0.2) is 27.6 Å². The molecule has 74 valence electrons. The van der Waals surface area contributed by atoms with Gasteiger partial charge in [0.1, 0.15) is 0 Å². The third-order valence-corrected chi connectivity index (χ3v) is 3.98. The van der Waals surface area contributed by atoms with Crippen molar-refractivity contribution in [3.05, 3.63) is 28.2 Å². The third-order valence-electron chi connectivity index (χ3n) is 2.17. The molecule has 0 saturated heterocycles. The summed E-state index contributed by atoms with van der Waals surface area (Å²) >= 11 is 5.08. The Hall–Kier alpha value is -0.480. The molecule has 0 aliphatic carbocycles. The maximum atomic E-state index is 10.6. The Kier molecular flexibility index (Phi) is 2.83. The summed E-state index contributed by atoms with van der Waals surface area (Å²) in [6.45, 7) is 0. The summed E-state index contributed by atoms with van der Waals surface area (Å²) in [5.74, 6) is -0.714. The molecule has 14 heavy (non-hydrogen) atoms. The van der Waals surface area contributed by atoms with E-state index in [1.165, 1.54) is 10.5 Å². The van der Waals surface area contributed by atoms with E-state index in [2.05, 4.69) is 22.0 Å². The highest BCUT2D eigenvalue weighted by atomic mass is 79.9. The molecular weight excluding hydrogens is 264 g/mol. The predicted molar refractivity (Wildman–Crippen MR) is 59.7 cm³/mol. The van der Waals surface area contributed by atoms with Crippen molar-refractivity contribution >= 4 is 33.7 Å². The van der Waals surface area contributed by atoms with E-state index in [1.807, 2.05) is 12.1 Å². The Morgan fingerprint density at radius 2 is 2.43 bits per heavy atom. The predicted octanol–water partition coefficient (Wildman–Crippen LogP) is 2.94. The first-order valence-corrected chi connectivity index (χ1v) is 5.99. The van der Waals surface area contributed by atoms with Gasteiger partial charge in [-0.2, -0.15) is 0 Å². The van der Waals surface area contributed by atoms with Gasteiger partial charge in [0.2, 0.25) is 0 Å². The molecule has 1 unspecified atom stereocenters. The van der Waals surface area contributed by atoms with Crippen LogP contribution in [0.4, 0.5) is 0 Å². The molecule has 0 saturated carbocycles. The monoisotopic (exact) mass is 272 g/mol. The summed E-state index contributed by atoms with van der Waals surface area (Å²) in [5, 5.41) is 8.89. The fourth-order valence-corrected chi connectivity index (χ4v) is 3.29. The molecule has 0 fully saturated rings. The van der Waals surface area contributed by atoms with Crippen molar-refractivity contribution in [2.45, 2.75) is 23.0 Å². The number of hydrogen-bond acceptors (Lipinski definition) is 2. The van der Waals surface area contributed by atoms with Gasteiger partial charge < -0.3 is 5.11 Å². The average Bonchev–Trinajstić information content (AvgIpc) is 2.44. The summed E-state index contributed by atoms with van der Waals surface area (Å²) in [4.78, 5) is 11.8. The standard InChI is InChI=1S/C10H9BrO2S/c11-7-1-2-9-6(3-7)4-8(14-9)5-10(12)13/h1-3,8H,4-5H2,(H,12,13). The third kappa shape index (κ3) is 2.12. The van der Waals surface area contributed by atoms with Gasteiger partial charge in [0, 0.05) is 14.6 Å². The number of carboxylic acids is 1. The van der Waals surface area contributed by atoms with Crippen molar-refractivity contribution in [3.63, 3.8) is 0 Å². The first kappa shape index (κ1) is 10.1. The SMILES string of the molecule is O=C(O)CC1Cc2cc(Br)ccc2S1. The molecule has 1 N–H and O–H groups in total. The van der Waals surface area contributed by atoms with Crippen molar-refractivity contribution in [2.24, 2.45) is 0 Å². The number of thioether (sulfide) groups is 1. The minimum atomic E-state index is -0.714. The Morgan fingerprint density at radius 1 is 1.64 bits per heavy atom. The Labute approximate surface area is 94.8 Å². The summed E-state index contributed by atoms with van der Waals surface area (Å²) in [6, 6.07) is 6.12. The van der Waals surface area contributed by atoms with E-state index in [9.17, 15) is 4.79 Å². The van der Waals surface area contributed by atoms with Crippen molar-refractivity contribution in [3.8, 4) is 0 Å². The highest BCUT2D eigenvalue weighted by Crippen LogP contribution is 2.39. The van der Waals surface area contributed by atoms with Gasteiger partial charge in [-0.25, -0.2) is 0 Å². The van der Waals surface area contributed by atoms with E-state index in [0.717, 1.165) is 10.9 Å². The summed E-state index contributed by atoms with van der Waals surface area (Å²) in [6.07, 6.45) is 1.11. The van der Waals surface area contributed by atoms with Crippen LogP contribution >= 0.6 is 27.7 Å². The second kappa shape index (κ2) is 3.95. The fourth-order valence-electron chi connectivity index (χ4n) is 1.60. The number of benzene rings is 1. The van der Waals surface area contributed by atoms with Gasteiger partial charge in [-0.3, -0.25) is 4.79 Å². The van der Waals surface area contributed by atoms with Gasteiger partial charge in [-0.05, 0) is 30.2 Å². The van der Waals surface area contributed by atoms with Crippen LogP contribution in [0.25, 0.3) is 0 Å². The van der Waals surface area contributed by atoms with Crippen molar-refractivity contribution in [2.75, 3.05) is 0 Å². The van der Waals surface area contributed by atoms with Gasteiger partial charge in [0.25, 0.3) is 0 Å². The number of halogens is 1. The van der Waals surface area contributed by atoms with Crippen LogP contribution in [0.5, 0.6) is 0 Å². The number of fused-ring (bicyclic) bond motifs is 1. The van der Waals surface area contributed by atoms with Crippen LogP contribution in [-0.2, 0) is 11.2 Å². The number of carboxylic acid groups (broad SMARTS) is 1. The molecule has 0 amide bonds. The van der Waals surface area contributed by atoms with Crippen LogP contribution in [0, 0.1) is 0 Å². The van der Waals surface area contributed by atoms with Gasteiger partial charge in [-0.15, -0.1) is 11.8 Å². The Morgan fingerprint density at radius 3 is 3.14 bits per heavy atom. The minimum absolute atomic E-state index is 0.205. The van der Waals surface area contributed by atoms with E-state index in [0.29, 0.717) is 0 Å². The Bertz CT molecular complexity index is 378. The zero-order chi connectivity index (χ0) is 10.1. The second-order valence-electron chi connectivity index (χ2n) is 3.29. The quantitative estimate of drug-likeness (QED) is 0.900. The zero-order valence-electron chi connectivity index (χ0n) is 7.37. The zero-order valence-corrected chi connectivity index (χ0v) is 9.77. The van der Waals surface area contributed by atoms with Crippen molar-refractivity contribution < 1.29 is 9.90 Å². The highest BCUT2D eigenvalue weighted by Gasteiger charge is 2.24. The highest BCUT2D eigenvalue weighted by molar-refractivity contribution is 9.10. The fraction of sp³-hybridized carbons (Fsp3) is 0.300. The largest absolute Gasteiger partial charge is 0.481 e. The van der Waals surface area contributed by atoms with E-state index in [1.54, 1.807) is 11.8 Å². The number of carbonyl (C=O) groups is 1. The van der Waals surface area contributed by atoms with Crippen molar-refractivity contribution in [1.82, 2.24) is 0 Å². The van der Waals surface area contributed by atoms with Gasteiger partial charge in [-0.1, -0.05) is 15.9 Å². The topological polar surface area (TPSA) is 37.3 Å². The first-order chi connectivity index (χ1) is 6.65. The van der Waals surface area contributed by atoms with Crippen LogP contribution in [0.1, 0.15) is 12.0 Å². The second-order valence-corrected chi connectivity index (χ2v) is 5.55. The first-order valence-electron chi connectivity index (χ1n) is 4.32. The van der Waals surface area contributed by atoms with E-state index in [4.69, 9.17) is 5.11 Å². The molecule has 2 rings (SSSR count). The lowest BCUT2D eigenvalue weighted by atomic mass is 10.1. The van der Waals surface area contributed by atoms with E-state index < -0.39 is 5.97 Å². The lowest BCUT2D eigenvalue weighted by molar-refractivity contribution is -0.136. The van der Waals surface area contributed by atoms with Gasteiger partial charge >= 0.3 is 5.97 Å². The smallest absolute Gasteiger partial charge is 0.304 e. The molecule has 1 atom stereocenters. The molecule has 1 aromatic carbocycles. The molecule has 0 spiro atoms. The normalized spacial score (nSPS) is 19.4. The number of rotatable bonds is 2. The van der Waals surface area contributed by atoms with Crippen LogP contribution in [0.3, 0.4) is 0 Å².